The summed E-state index contributed by atoms with van der Waals surface area (Å²) in [5.41, 5.74) is 7.30. The fourth-order valence-corrected chi connectivity index (χ4v) is 3.07. The van der Waals surface area contributed by atoms with Gasteiger partial charge in [-0.3, -0.25) is 0 Å². The van der Waals surface area contributed by atoms with Crippen LogP contribution in [0.2, 0.25) is 0 Å². The van der Waals surface area contributed by atoms with Crippen LogP contribution in [-0.2, 0) is 12.8 Å². The minimum Gasteiger partial charge on any atom is -0.391 e. The number of anilines is 1. The van der Waals surface area contributed by atoms with Crippen molar-refractivity contribution >= 4 is 16.3 Å². The molecule has 0 saturated carbocycles. The quantitative estimate of drug-likeness (QED) is 0.810. The van der Waals surface area contributed by atoms with Crippen LogP contribution in [0.1, 0.15) is 23.8 Å². The van der Waals surface area contributed by atoms with Crippen LogP contribution in [0.4, 0.5) is 5.00 Å². The van der Waals surface area contributed by atoms with Gasteiger partial charge in [0.15, 0.2) is 0 Å². The van der Waals surface area contributed by atoms with Crippen molar-refractivity contribution in [2.45, 2.75) is 26.2 Å². The molecule has 1 aliphatic rings. The summed E-state index contributed by atoms with van der Waals surface area (Å²) in [4.78, 5) is 4.07. The molecule has 0 spiro atoms. The van der Waals surface area contributed by atoms with Crippen molar-refractivity contribution in [1.29, 1.82) is 0 Å². The second kappa shape index (κ2) is 4.32. The number of nitrogens with two attached hydrogens (primary N) is 1. The summed E-state index contributed by atoms with van der Waals surface area (Å²) >= 11 is 1.77. The maximum absolute atomic E-state index is 5.81. The highest BCUT2D eigenvalue weighted by molar-refractivity contribution is 7.16. The Morgan fingerprint density at radius 2 is 2.21 bits per heavy atom. The molecule has 0 fully saturated rings. The summed E-state index contributed by atoms with van der Waals surface area (Å²) in [6, 6.07) is 2.16. The second-order valence-corrected chi connectivity index (χ2v) is 5.11. The van der Waals surface area contributed by atoms with Crippen LogP contribution >= 0.6 is 11.3 Å². The van der Waals surface area contributed by atoms with E-state index in [2.05, 4.69) is 17.9 Å². The van der Waals surface area contributed by atoms with E-state index in [0.717, 1.165) is 5.00 Å². The lowest BCUT2D eigenvalue weighted by Gasteiger charge is -2.18. The molecule has 0 unspecified atom stereocenters. The molecule has 3 heteroatoms. The zero-order valence-corrected chi connectivity index (χ0v) is 9.57. The van der Waals surface area contributed by atoms with E-state index in [4.69, 9.17) is 5.73 Å². The van der Waals surface area contributed by atoms with Gasteiger partial charge in [-0.1, -0.05) is 6.92 Å². The van der Waals surface area contributed by atoms with Gasteiger partial charge in [-0.05, 0) is 37.4 Å². The van der Waals surface area contributed by atoms with E-state index in [1.807, 2.05) is 0 Å². The summed E-state index contributed by atoms with van der Waals surface area (Å²) in [6.45, 7) is 5.90. The van der Waals surface area contributed by atoms with E-state index in [-0.39, 0.29) is 0 Å². The molecule has 78 valence electrons. The molecule has 0 saturated heterocycles. The fraction of sp³-hybridized carbons (Fsp3) is 0.636. The van der Waals surface area contributed by atoms with Crippen LogP contribution in [0.15, 0.2) is 6.07 Å². The van der Waals surface area contributed by atoms with Gasteiger partial charge < -0.3 is 10.6 Å². The lowest BCUT2D eigenvalue weighted by Crippen LogP contribution is -2.27. The number of rotatable bonds is 2. The van der Waals surface area contributed by atoms with Crippen LogP contribution < -0.4 is 5.73 Å². The Labute approximate surface area is 89.7 Å². The first kappa shape index (κ1) is 9.99. The lowest BCUT2D eigenvalue weighted by molar-refractivity contribution is 0.288. The smallest absolute Gasteiger partial charge is 0.0862 e. The molecule has 0 aliphatic carbocycles. The summed E-state index contributed by atoms with van der Waals surface area (Å²) in [5.74, 6) is 0. The zero-order valence-electron chi connectivity index (χ0n) is 8.75. The molecule has 2 heterocycles. The van der Waals surface area contributed by atoms with E-state index < -0.39 is 0 Å². The highest BCUT2D eigenvalue weighted by Crippen LogP contribution is 2.27. The fourth-order valence-electron chi connectivity index (χ4n) is 2.10. The monoisotopic (exact) mass is 210 g/mol. The molecule has 0 atom stereocenters. The molecule has 0 amide bonds. The van der Waals surface area contributed by atoms with Crippen molar-refractivity contribution in [3.05, 3.63) is 16.5 Å². The predicted molar refractivity (Wildman–Crippen MR) is 62.9 cm³/mol. The van der Waals surface area contributed by atoms with Gasteiger partial charge in [0, 0.05) is 18.0 Å². The van der Waals surface area contributed by atoms with Crippen molar-refractivity contribution in [3.8, 4) is 0 Å². The summed E-state index contributed by atoms with van der Waals surface area (Å²) in [5, 5.41) is 0.985. The maximum Gasteiger partial charge on any atom is 0.0862 e. The van der Waals surface area contributed by atoms with Crippen molar-refractivity contribution in [1.82, 2.24) is 4.90 Å². The van der Waals surface area contributed by atoms with Crippen molar-refractivity contribution in [2.75, 3.05) is 25.4 Å². The molecule has 14 heavy (non-hydrogen) atoms. The van der Waals surface area contributed by atoms with Gasteiger partial charge in [0.2, 0.25) is 0 Å². The Bertz CT molecular complexity index is 281. The first-order valence-electron chi connectivity index (χ1n) is 5.39. The van der Waals surface area contributed by atoms with Gasteiger partial charge in [0.1, 0.15) is 0 Å². The summed E-state index contributed by atoms with van der Waals surface area (Å²) in [6.07, 6.45) is 3.63. The Hall–Kier alpha value is -0.540. The molecular weight excluding hydrogens is 192 g/mol. The van der Waals surface area contributed by atoms with Gasteiger partial charge >= 0.3 is 0 Å². The third-order valence-electron chi connectivity index (χ3n) is 2.81. The van der Waals surface area contributed by atoms with Crippen LogP contribution in [0, 0.1) is 0 Å². The molecule has 0 radical (unpaired) electrons. The maximum atomic E-state index is 5.81. The van der Waals surface area contributed by atoms with E-state index in [0.29, 0.717) is 0 Å². The highest BCUT2D eigenvalue weighted by atomic mass is 32.1. The number of hydrogen-bond donors (Lipinski definition) is 1. The second-order valence-electron chi connectivity index (χ2n) is 3.94. The van der Waals surface area contributed by atoms with Crippen molar-refractivity contribution in [3.63, 3.8) is 0 Å². The molecule has 2 N–H and O–H groups in total. The van der Waals surface area contributed by atoms with Gasteiger partial charge in [0.25, 0.3) is 0 Å². The van der Waals surface area contributed by atoms with Crippen LogP contribution in [0.25, 0.3) is 0 Å². The molecule has 0 aromatic carbocycles. The molecule has 2 rings (SSSR count). The zero-order chi connectivity index (χ0) is 9.97. The third-order valence-corrected chi connectivity index (χ3v) is 3.87. The Balaban J connectivity index is 2.04. The van der Waals surface area contributed by atoms with Crippen molar-refractivity contribution in [2.24, 2.45) is 0 Å². The summed E-state index contributed by atoms with van der Waals surface area (Å²) in [7, 11) is 0. The minimum atomic E-state index is 0.985. The average Bonchev–Trinajstić information content (AvgIpc) is 2.42. The van der Waals surface area contributed by atoms with E-state index in [9.17, 15) is 0 Å². The first-order valence-corrected chi connectivity index (χ1v) is 6.20. The lowest BCUT2D eigenvalue weighted by atomic mass is 10.2. The number of hydrogen-bond acceptors (Lipinski definition) is 3. The van der Waals surface area contributed by atoms with Gasteiger partial charge in [0.05, 0.1) is 5.00 Å². The molecule has 1 aromatic rings. The van der Waals surface area contributed by atoms with Crippen LogP contribution in [0.3, 0.4) is 0 Å². The van der Waals surface area contributed by atoms with E-state index in [1.165, 1.54) is 49.3 Å². The SMILES string of the molecule is CCCN1CCc2cc(N)sc2CC1. The van der Waals surface area contributed by atoms with Crippen LogP contribution in [0.5, 0.6) is 0 Å². The van der Waals surface area contributed by atoms with E-state index >= 15 is 0 Å². The van der Waals surface area contributed by atoms with Gasteiger partial charge in [-0.15, -0.1) is 11.3 Å². The topological polar surface area (TPSA) is 29.3 Å². The Morgan fingerprint density at radius 1 is 1.43 bits per heavy atom. The number of fused-ring (bicyclic) bond motifs is 1. The van der Waals surface area contributed by atoms with E-state index in [1.54, 1.807) is 11.3 Å². The molecular formula is C11H18N2S. The normalized spacial score (nSPS) is 17.8. The standard InChI is InChI=1S/C11H18N2S/c1-2-5-13-6-3-9-8-11(12)14-10(9)4-7-13/h8H,2-7,12H2,1H3. The average molecular weight is 210 g/mol. The largest absolute Gasteiger partial charge is 0.391 e. The summed E-state index contributed by atoms with van der Waals surface area (Å²) < 4.78 is 0. The predicted octanol–water partition coefficient (Wildman–Crippen LogP) is 2.14. The minimum absolute atomic E-state index is 0.985. The molecule has 2 nitrogen and oxygen atoms in total. The first-order chi connectivity index (χ1) is 6.79. The Morgan fingerprint density at radius 3 is 3.00 bits per heavy atom. The molecule has 0 bridgehead atoms. The molecule has 1 aliphatic heterocycles. The van der Waals surface area contributed by atoms with Crippen molar-refractivity contribution < 1.29 is 0 Å². The van der Waals surface area contributed by atoms with Crippen LogP contribution in [-0.4, -0.2) is 24.5 Å². The number of thiophene rings is 1. The van der Waals surface area contributed by atoms with Gasteiger partial charge in [-0.2, -0.15) is 0 Å². The Kier molecular flexibility index (Phi) is 3.08. The third kappa shape index (κ3) is 2.10. The number of nitrogens with zero attached hydrogens (tertiary/aromatic N) is 1. The highest BCUT2D eigenvalue weighted by Gasteiger charge is 2.15. The van der Waals surface area contributed by atoms with Gasteiger partial charge in [-0.25, -0.2) is 0 Å². The number of nitrogen functional groups attached to an aromatic ring is 1. The molecule has 1 aromatic heterocycles.